The van der Waals surface area contributed by atoms with Crippen LogP contribution in [-0.4, -0.2) is 10.2 Å². The van der Waals surface area contributed by atoms with Gasteiger partial charge in [-0.25, -0.2) is 0 Å². The summed E-state index contributed by atoms with van der Waals surface area (Å²) < 4.78 is 0. The van der Waals surface area contributed by atoms with E-state index < -0.39 is 0 Å². The van der Waals surface area contributed by atoms with E-state index in [-0.39, 0.29) is 5.41 Å². The van der Waals surface area contributed by atoms with Crippen molar-refractivity contribution in [1.29, 1.82) is 0 Å². The van der Waals surface area contributed by atoms with E-state index in [0.717, 1.165) is 5.01 Å². The van der Waals surface area contributed by atoms with Crippen molar-refractivity contribution in [2.45, 2.75) is 19.3 Å². The lowest BCUT2D eigenvalue weighted by Gasteiger charge is -2.21. The molecular formula is C11H11N2S. The first kappa shape index (κ1) is 9.34. The summed E-state index contributed by atoms with van der Waals surface area (Å²) in [6.07, 6.45) is 0. The van der Waals surface area contributed by atoms with Gasteiger partial charge in [0.2, 0.25) is 0 Å². The zero-order chi connectivity index (χ0) is 10.0. The molecule has 0 aliphatic heterocycles. The molecule has 2 aromatic rings. The fourth-order valence-corrected chi connectivity index (χ4v) is 2.00. The summed E-state index contributed by atoms with van der Waals surface area (Å²) in [7, 11) is 0. The number of nitrogens with zero attached hydrogens (tertiary/aromatic N) is 2. The summed E-state index contributed by atoms with van der Waals surface area (Å²) in [5.74, 6) is 0. The third-order valence-corrected chi connectivity index (χ3v) is 3.31. The maximum absolute atomic E-state index is 4.08. The molecule has 71 valence electrons. The first-order valence-electron chi connectivity index (χ1n) is 4.47. The second-order valence-corrected chi connectivity index (χ2v) is 4.46. The van der Waals surface area contributed by atoms with E-state index in [1.165, 1.54) is 16.9 Å². The SMILES string of the molecule is CC(C)(c1ccccc1)c1nn[c]s1. The van der Waals surface area contributed by atoms with Gasteiger partial charge in [-0.05, 0) is 19.4 Å². The minimum absolute atomic E-state index is 0.0705. The molecule has 0 saturated heterocycles. The van der Waals surface area contributed by atoms with Crippen molar-refractivity contribution in [2.75, 3.05) is 0 Å². The van der Waals surface area contributed by atoms with Crippen LogP contribution in [0, 0.1) is 5.51 Å². The van der Waals surface area contributed by atoms with Gasteiger partial charge in [0, 0.05) is 5.41 Å². The average molecular weight is 203 g/mol. The van der Waals surface area contributed by atoms with E-state index in [0.29, 0.717) is 0 Å². The first-order chi connectivity index (χ1) is 6.71. The molecule has 0 unspecified atom stereocenters. The molecule has 1 aromatic carbocycles. The molecule has 0 saturated carbocycles. The maximum Gasteiger partial charge on any atom is 0.178 e. The molecule has 0 amide bonds. The number of aromatic nitrogens is 2. The number of benzene rings is 1. The minimum Gasteiger partial charge on any atom is -0.142 e. The largest absolute Gasteiger partial charge is 0.178 e. The molecule has 1 radical (unpaired) electrons. The van der Waals surface area contributed by atoms with E-state index in [4.69, 9.17) is 0 Å². The normalized spacial score (nSPS) is 11.6. The van der Waals surface area contributed by atoms with Gasteiger partial charge in [0.15, 0.2) is 5.51 Å². The van der Waals surface area contributed by atoms with Crippen molar-refractivity contribution in [2.24, 2.45) is 0 Å². The molecule has 0 bridgehead atoms. The van der Waals surface area contributed by atoms with Crippen molar-refractivity contribution in [3.63, 3.8) is 0 Å². The van der Waals surface area contributed by atoms with Gasteiger partial charge in [0.05, 0.1) is 0 Å². The highest BCUT2D eigenvalue weighted by atomic mass is 32.1. The second-order valence-electron chi connectivity index (χ2n) is 3.69. The molecule has 0 atom stereocenters. The van der Waals surface area contributed by atoms with E-state index in [2.05, 4.69) is 41.7 Å². The zero-order valence-electron chi connectivity index (χ0n) is 8.19. The Balaban J connectivity index is 2.43. The molecule has 14 heavy (non-hydrogen) atoms. The predicted molar refractivity (Wildman–Crippen MR) is 57.3 cm³/mol. The van der Waals surface area contributed by atoms with Gasteiger partial charge in [-0.15, -0.1) is 10.2 Å². The molecule has 0 spiro atoms. The van der Waals surface area contributed by atoms with Crippen LogP contribution in [0.25, 0.3) is 0 Å². The van der Waals surface area contributed by atoms with Crippen molar-refractivity contribution in [3.05, 3.63) is 46.4 Å². The van der Waals surface area contributed by atoms with Crippen LogP contribution in [0.15, 0.2) is 30.3 Å². The molecule has 2 nitrogen and oxygen atoms in total. The lowest BCUT2D eigenvalue weighted by Crippen LogP contribution is -2.18. The number of hydrogen-bond donors (Lipinski definition) is 0. The van der Waals surface area contributed by atoms with E-state index in [1.54, 1.807) is 0 Å². The average Bonchev–Trinajstić information content (AvgIpc) is 2.72. The summed E-state index contributed by atoms with van der Waals surface area (Å²) in [6.45, 7) is 4.30. The molecule has 0 aliphatic carbocycles. The topological polar surface area (TPSA) is 25.8 Å². The third-order valence-electron chi connectivity index (χ3n) is 2.35. The molecule has 0 fully saturated rings. The monoisotopic (exact) mass is 203 g/mol. The molecule has 1 heterocycles. The summed E-state index contributed by atoms with van der Waals surface area (Å²) in [4.78, 5) is 0. The van der Waals surface area contributed by atoms with E-state index >= 15 is 0 Å². The van der Waals surface area contributed by atoms with Gasteiger partial charge < -0.3 is 0 Å². The Morgan fingerprint density at radius 2 is 1.93 bits per heavy atom. The Labute approximate surface area is 87.6 Å². The molecule has 0 aliphatic rings. The van der Waals surface area contributed by atoms with Crippen molar-refractivity contribution in [3.8, 4) is 0 Å². The quantitative estimate of drug-likeness (QED) is 0.750. The summed E-state index contributed by atoms with van der Waals surface area (Å²) >= 11 is 1.48. The van der Waals surface area contributed by atoms with E-state index in [9.17, 15) is 0 Å². The van der Waals surface area contributed by atoms with Crippen molar-refractivity contribution >= 4 is 11.3 Å². The lowest BCUT2D eigenvalue weighted by atomic mass is 9.85. The summed E-state index contributed by atoms with van der Waals surface area (Å²) in [5.41, 5.74) is 3.97. The minimum atomic E-state index is -0.0705. The zero-order valence-corrected chi connectivity index (χ0v) is 9.01. The van der Waals surface area contributed by atoms with Gasteiger partial charge in [0.25, 0.3) is 0 Å². The smallest absolute Gasteiger partial charge is 0.142 e. The highest BCUT2D eigenvalue weighted by molar-refractivity contribution is 7.08. The Kier molecular flexibility index (Phi) is 2.33. The van der Waals surface area contributed by atoms with Crippen LogP contribution in [0.1, 0.15) is 24.4 Å². The Morgan fingerprint density at radius 3 is 2.50 bits per heavy atom. The van der Waals surface area contributed by atoms with Gasteiger partial charge >= 0.3 is 0 Å². The Bertz CT molecular complexity index is 392. The van der Waals surface area contributed by atoms with Crippen LogP contribution in [-0.2, 0) is 5.41 Å². The van der Waals surface area contributed by atoms with Crippen LogP contribution < -0.4 is 0 Å². The molecule has 1 aromatic heterocycles. The molecule has 2 rings (SSSR count). The first-order valence-corrected chi connectivity index (χ1v) is 5.28. The fourth-order valence-electron chi connectivity index (χ4n) is 1.38. The predicted octanol–water partition coefficient (Wildman–Crippen LogP) is 2.66. The number of rotatable bonds is 2. The van der Waals surface area contributed by atoms with Gasteiger partial charge in [-0.2, -0.15) is 0 Å². The van der Waals surface area contributed by atoms with Crippen LogP contribution in [0.2, 0.25) is 0 Å². The lowest BCUT2D eigenvalue weighted by molar-refractivity contribution is 0.626. The Morgan fingerprint density at radius 1 is 1.21 bits per heavy atom. The van der Waals surface area contributed by atoms with Gasteiger partial charge in [0.1, 0.15) is 5.01 Å². The molecule has 0 N–H and O–H groups in total. The van der Waals surface area contributed by atoms with Crippen molar-refractivity contribution < 1.29 is 0 Å². The second kappa shape index (κ2) is 3.50. The van der Waals surface area contributed by atoms with Crippen LogP contribution in [0.5, 0.6) is 0 Å². The standard InChI is InChI=1S/C11H11N2S/c1-11(2,10-13-12-8-14-10)9-6-4-3-5-7-9/h3-7H,1-2H3. The van der Waals surface area contributed by atoms with Crippen molar-refractivity contribution in [1.82, 2.24) is 10.2 Å². The Hall–Kier alpha value is -1.22. The van der Waals surface area contributed by atoms with Crippen LogP contribution in [0.3, 0.4) is 0 Å². The van der Waals surface area contributed by atoms with Gasteiger partial charge in [-0.1, -0.05) is 41.7 Å². The number of hydrogen-bond acceptors (Lipinski definition) is 3. The molecule has 3 heteroatoms. The highest BCUT2D eigenvalue weighted by Gasteiger charge is 2.25. The highest BCUT2D eigenvalue weighted by Crippen LogP contribution is 2.31. The maximum atomic E-state index is 4.08. The van der Waals surface area contributed by atoms with Crippen LogP contribution >= 0.6 is 11.3 Å². The summed E-state index contributed by atoms with van der Waals surface area (Å²) in [5, 5.41) is 8.84. The van der Waals surface area contributed by atoms with E-state index in [1.807, 2.05) is 18.2 Å². The molecular weight excluding hydrogens is 192 g/mol. The van der Waals surface area contributed by atoms with Crippen LogP contribution in [0.4, 0.5) is 0 Å². The third kappa shape index (κ3) is 1.55. The fraction of sp³-hybridized carbons (Fsp3) is 0.273. The summed E-state index contributed by atoms with van der Waals surface area (Å²) in [6, 6.07) is 10.3. The van der Waals surface area contributed by atoms with Gasteiger partial charge in [-0.3, -0.25) is 0 Å².